The number of benzene rings is 2. The van der Waals surface area contributed by atoms with Gasteiger partial charge >= 0.3 is 12.1 Å². The van der Waals surface area contributed by atoms with Crippen LogP contribution in [-0.2, 0) is 4.79 Å². The fourth-order valence-electron chi connectivity index (χ4n) is 2.53. The summed E-state index contributed by atoms with van der Waals surface area (Å²) in [6.07, 6.45) is -3.47. The number of nitrogens with one attached hydrogen (secondary N) is 1. The van der Waals surface area contributed by atoms with Crippen molar-refractivity contribution in [2.24, 2.45) is 5.73 Å². The van der Waals surface area contributed by atoms with Gasteiger partial charge in [-0.05, 0) is 29.0 Å². The van der Waals surface area contributed by atoms with Crippen molar-refractivity contribution < 1.29 is 32.6 Å². The number of nitrogens with two attached hydrogens (primary N) is 1. The van der Waals surface area contributed by atoms with E-state index in [1.165, 1.54) is 11.6 Å². The van der Waals surface area contributed by atoms with Crippen molar-refractivity contribution in [2.45, 2.75) is 13.1 Å². The lowest BCUT2D eigenvalue weighted by atomic mass is 9.98. The topological polar surface area (TPSA) is 131 Å². The summed E-state index contributed by atoms with van der Waals surface area (Å²) in [5.41, 5.74) is 7.62. The molecule has 0 aliphatic heterocycles. The number of halogens is 3. The van der Waals surface area contributed by atoms with E-state index < -0.39 is 12.1 Å². The number of hydrogen-bond donors (Lipinski definition) is 3. The van der Waals surface area contributed by atoms with E-state index in [0.29, 0.717) is 17.0 Å². The Morgan fingerprint density at radius 3 is 2.27 bits per heavy atom. The second-order valence-electron chi connectivity index (χ2n) is 5.96. The Balaban J connectivity index is 0.000000396. The van der Waals surface area contributed by atoms with E-state index in [0.717, 1.165) is 16.3 Å². The number of alkyl halides is 3. The molecule has 4 N–H and O–H groups in total. The summed E-state index contributed by atoms with van der Waals surface area (Å²) in [7, 11) is 1.58. The number of amidine groups is 1. The van der Waals surface area contributed by atoms with Crippen LogP contribution in [-0.4, -0.2) is 45.9 Å². The molecule has 3 rings (SSSR count). The Hall–Kier alpha value is -3.89. The Morgan fingerprint density at radius 2 is 1.80 bits per heavy atom. The predicted octanol–water partition coefficient (Wildman–Crippen LogP) is 3.29. The van der Waals surface area contributed by atoms with Crippen LogP contribution < -0.4 is 10.5 Å². The van der Waals surface area contributed by atoms with E-state index in [9.17, 15) is 18.0 Å². The number of nitrogens with zero attached hydrogens (tertiary/aromatic N) is 2. The number of rotatable bonds is 3. The van der Waals surface area contributed by atoms with Gasteiger partial charge in [-0.2, -0.15) is 18.3 Å². The van der Waals surface area contributed by atoms with E-state index in [1.807, 2.05) is 24.3 Å². The Morgan fingerprint density at radius 1 is 1.20 bits per heavy atom. The zero-order chi connectivity index (χ0) is 22.6. The number of carboxylic acids is 1. The minimum absolute atomic E-state index is 0.00469. The van der Waals surface area contributed by atoms with Crippen molar-refractivity contribution in [3.8, 4) is 17.0 Å². The van der Waals surface area contributed by atoms with Crippen molar-refractivity contribution in [3.05, 3.63) is 48.2 Å². The molecule has 30 heavy (non-hydrogen) atoms. The fraction of sp³-hybridized carbons (Fsp3) is 0.158. The molecule has 2 aromatic carbocycles. The molecule has 1 heterocycles. The van der Waals surface area contributed by atoms with Crippen LogP contribution >= 0.6 is 0 Å². The Kier molecular flexibility index (Phi) is 6.45. The third-order valence-corrected chi connectivity index (χ3v) is 3.92. The largest absolute Gasteiger partial charge is 0.496 e. The highest BCUT2D eigenvalue weighted by atomic mass is 19.4. The maximum absolute atomic E-state index is 11.5. The third kappa shape index (κ3) is 4.93. The van der Waals surface area contributed by atoms with E-state index in [1.54, 1.807) is 25.4 Å². The van der Waals surface area contributed by atoms with Crippen molar-refractivity contribution >= 4 is 28.5 Å². The number of aliphatic carboxylic acids is 1. The molecule has 0 saturated heterocycles. The second-order valence-corrected chi connectivity index (χ2v) is 5.96. The average Bonchev–Trinajstić information content (AvgIpc) is 3.16. The summed E-state index contributed by atoms with van der Waals surface area (Å²) in [6, 6.07) is 11.1. The first kappa shape index (κ1) is 22.4. The lowest BCUT2D eigenvalue weighted by Crippen LogP contribution is -2.21. The van der Waals surface area contributed by atoms with Crippen molar-refractivity contribution in [3.63, 3.8) is 0 Å². The summed E-state index contributed by atoms with van der Waals surface area (Å²) in [5, 5.41) is 20.9. The predicted molar refractivity (Wildman–Crippen MR) is 103 cm³/mol. The first-order valence-electron chi connectivity index (χ1n) is 8.28. The van der Waals surface area contributed by atoms with Gasteiger partial charge in [-0.3, -0.25) is 10.2 Å². The molecule has 0 aliphatic carbocycles. The first-order chi connectivity index (χ1) is 14.0. The molecule has 0 amide bonds. The number of ether oxygens (including phenoxy) is 1. The maximum Gasteiger partial charge on any atom is 0.490 e. The minimum Gasteiger partial charge on any atom is -0.496 e. The van der Waals surface area contributed by atoms with Crippen LogP contribution in [0.25, 0.3) is 22.0 Å². The zero-order valence-electron chi connectivity index (χ0n) is 15.8. The standard InChI is InChI=1S/C17H16N4O2.C2HF3O2/c1-10(22)21-8-7-14(20-21)16-13-9-12(17(18)19)4-3-11(13)5-6-15(16)23-2;3-2(4,5)1(6)7/h3-9H,1-2H3,(H3,18,19);(H,6,7). The molecule has 0 bridgehead atoms. The minimum atomic E-state index is -5.08. The molecule has 8 nitrogen and oxygen atoms in total. The summed E-state index contributed by atoms with van der Waals surface area (Å²) in [6.45, 7) is 1.45. The smallest absolute Gasteiger partial charge is 0.490 e. The van der Waals surface area contributed by atoms with Gasteiger partial charge in [0.1, 0.15) is 11.6 Å². The van der Waals surface area contributed by atoms with E-state index in [2.05, 4.69) is 5.10 Å². The first-order valence-corrected chi connectivity index (χ1v) is 8.28. The third-order valence-electron chi connectivity index (χ3n) is 3.92. The molecule has 11 heteroatoms. The van der Waals surface area contributed by atoms with Crippen molar-refractivity contribution in [1.29, 1.82) is 5.41 Å². The molecule has 0 spiro atoms. The number of fused-ring (bicyclic) bond motifs is 1. The van der Waals surface area contributed by atoms with E-state index in [4.69, 9.17) is 25.8 Å². The van der Waals surface area contributed by atoms with Gasteiger partial charge in [0.15, 0.2) is 0 Å². The van der Waals surface area contributed by atoms with Crippen LogP contribution in [0.15, 0.2) is 42.6 Å². The number of hydrogen-bond acceptors (Lipinski definition) is 5. The molecule has 0 unspecified atom stereocenters. The van der Waals surface area contributed by atoms with Gasteiger partial charge in [0.2, 0.25) is 5.91 Å². The van der Waals surface area contributed by atoms with Gasteiger partial charge in [0.05, 0.1) is 18.4 Å². The lowest BCUT2D eigenvalue weighted by molar-refractivity contribution is -0.192. The molecule has 158 valence electrons. The maximum atomic E-state index is 11.5. The molecule has 0 fully saturated rings. The van der Waals surface area contributed by atoms with E-state index >= 15 is 0 Å². The summed E-state index contributed by atoms with van der Waals surface area (Å²) >= 11 is 0. The fourth-order valence-corrected chi connectivity index (χ4v) is 2.53. The molecular weight excluding hydrogens is 405 g/mol. The monoisotopic (exact) mass is 422 g/mol. The molecular formula is C19H17F3N4O4. The van der Waals surface area contributed by atoms with Crippen LogP contribution in [0.1, 0.15) is 17.3 Å². The Bertz CT molecular complexity index is 1120. The second kappa shape index (κ2) is 8.64. The summed E-state index contributed by atoms with van der Waals surface area (Å²) in [4.78, 5) is 20.4. The lowest BCUT2D eigenvalue weighted by Gasteiger charge is -2.11. The van der Waals surface area contributed by atoms with E-state index in [-0.39, 0.29) is 11.7 Å². The average molecular weight is 422 g/mol. The number of methoxy groups -OCH3 is 1. The van der Waals surface area contributed by atoms with Gasteiger partial charge in [0, 0.05) is 18.7 Å². The quantitative estimate of drug-likeness (QED) is 0.438. The van der Waals surface area contributed by atoms with Gasteiger partial charge < -0.3 is 15.6 Å². The Labute approximate surface area is 168 Å². The number of carbonyl (C=O) groups excluding carboxylic acids is 1. The van der Waals surface area contributed by atoms with Gasteiger partial charge in [0.25, 0.3) is 0 Å². The highest BCUT2D eigenvalue weighted by molar-refractivity contribution is 6.04. The molecule has 0 radical (unpaired) electrons. The zero-order valence-corrected chi connectivity index (χ0v) is 15.8. The van der Waals surface area contributed by atoms with Crippen LogP contribution in [0.5, 0.6) is 5.75 Å². The van der Waals surface area contributed by atoms with Crippen LogP contribution in [0.2, 0.25) is 0 Å². The highest BCUT2D eigenvalue weighted by Crippen LogP contribution is 2.36. The van der Waals surface area contributed by atoms with Gasteiger partial charge in [-0.15, -0.1) is 0 Å². The molecule has 0 aliphatic rings. The number of carboxylic acid groups (broad SMARTS) is 1. The summed E-state index contributed by atoms with van der Waals surface area (Å²) in [5.74, 6) is -2.28. The van der Waals surface area contributed by atoms with Crippen LogP contribution in [0, 0.1) is 5.41 Å². The SMILES string of the molecule is COc1ccc2ccc(C(=N)N)cc2c1-c1ccn(C(C)=O)n1.O=C(O)C(F)(F)F. The van der Waals surface area contributed by atoms with Gasteiger partial charge in [-0.25, -0.2) is 9.48 Å². The molecule has 0 atom stereocenters. The van der Waals surface area contributed by atoms with Crippen molar-refractivity contribution in [1.82, 2.24) is 9.78 Å². The molecule has 3 aromatic rings. The highest BCUT2D eigenvalue weighted by Gasteiger charge is 2.38. The summed E-state index contributed by atoms with van der Waals surface area (Å²) < 4.78 is 38.5. The van der Waals surface area contributed by atoms with Crippen LogP contribution in [0.3, 0.4) is 0 Å². The normalized spacial score (nSPS) is 10.8. The van der Waals surface area contributed by atoms with Crippen molar-refractivity contribution in [2.75, 3.05) is 7.11 Å². The number of aromatic nitrogens is 2. The molecule has 1 aromatic heterocycles. The number of nitrogen functional groups attached to an aromatic ring is 1. The van der Waals surface area contributed by atoms with Crippen LogP contribution in [0.4, 0.5) is 13.2 Å². The number of carbonyl (C=O) groups is 2. The molecule has 0 saturated carbocycles. The van der Waals surface area contributed by atoms with Gasteiger partial charge in [-0.1, -0.05) is 18.2 Å².